The van der Waals surface area contributed by atoms with Crippen molar-refractivity contribution in [3.8, 4) is 0 Å². The van der Waals surface area contributed by atoms with Crippen molar-refractivity contribution in [2.45, 2.75) is 31.3 Å². The van der Waals surface area contributed by atoms with E-state index in [0.29, 0.717) is 28.0 Å². The number of guanidine groups is 1. The lowest BCUT2D eigenvalue weighted by Gasteiger charge is -2.08. The summed E-state index contributed by atoms with van der Waals surface area (Å²) in [4.78, 5) is 4.40. The van der Waals surface area contributed by atoms with Crippen LogP contribution in [0.5, 0.6) is 0 Å². The van der Waals surface area contributed by atoms with Crippen LogP contribution in [0.15, 0.2) is 23.2 Å². The SMILES string of the molecule is CC1CN=C(N[C@@H]2C[C@H]2c2ccc(Cl)c(Cl)c2)N1. The highest BCUT2D eigenvalue weighted by atomic mass is 35.5. The normalized spacial score (nSPS) is 29.7. The van der Waals surface area contributed by atoms with Gasteiger partial charge in [-0.2, -0.15) is 0 Å². The highest BCUT2D eigenvalue weighted by Gasteiger charge is 2.39. The van der Waals surface area contributed by atoms with E-state index in [0.717, 1.165) is 18.9 Å². The predicted molar refractivity (Wildman–Crippen MR) is 75.6 cm³/mol. The molecule has 1 aliphatic heterocycles. The lowest BCUT2D eigenvalue weighted by molar-refractivity contribution is 0.711. The summed E-state index contributed by atoms with van der Waals surface area (Å²) < 4.78 is 0. The van der Waals surface area contributed by atoms with Crippen LogP contribution in [-0.4, -0.2) is 24.6 Å². The lowest BCUT2D eigenvalue weighted by Crippen LogP contribution is -2.39. The number of rotatable bonds is 2. The smallest absolute Gasteiger partial charge is 0.191 e. The highest BCUT2D eigenvalue weighted by molar-refractivity contribution is 6.42. The molecule has 0 radical (unpaired) electrons. The van der Waals surface area contributed by atoms with Crippen LogP contribution in [0.1, 0.15) is 24.8 Å². The van der Waals surface area contributed by atoms with Gasteiger partial charge >= 0.3 is 0 Å². The first-order valence-electron chi connectivity index (χ1n) is 6.16. The largest absolute Gasteiger partial charge is 0.353 e. The van der Waals surface area contributed by atoms with Gasteiger partial charge in [-0.25, -0.2) is 0 Å². The van der Waals surface area contributed by atoms with Gasteiger partial charge in [-0.1, -0.05) is 29.3 Å². The Bertz CT molecular complexity index is 501. The van der Waals surface area contributed by atoms with Crippen molar-refractivity contribution in [2.24, 2.45) is 4.99 Å². The van der Waals surface area contributed by atoms with E-state index in [1.807, 2.05) is 18.2 Å². The number of hydrogen-bond donors (Lipinski definition) is 2. The van der Waals surface area contributed by atoms with E-state index in [2.05, 4.69) is 22.5 Å². The molecule has 1 heterocycles. The van der Waals surface area contributed by atoms with Crippen LogP contribution in [0.3, 0.4) is 0 Å². The second-order valence-electron chi connectivity index (χ2n) is 5.00. The zero-order chi connectivity index (χ0) is 12.7. The van der Waals surface area contributed by atoms with Crippen molar-refractivity contribution in [1.82, 2.24) is 10.6 Å². The molecule has 0 bridgehead atoms. The molecule has 0 aromatic heterocycles. The van der Waals surface area contributed by atoms with Crippen LogP contribution < -0.4 is 10.6 Å². The zero-order valence-electron chi connectivity index (χ0n) is 10.1. The average Bonchev–Trinajstić information content (AvgIpc) is 2.97. The van der Waals surface area contributed by atoms with Gasteiger partial charge in [0.1, 0.15) is 0 Å². The highest BCUT2D eigenvalue weighted by Crippen LogP contribution is 2.42. The molecule has 18 heavy (non-hydrogen) atoms. The van der Waals surface area contributed by atoms with Crippen LogP contribution in [-0.2, 0) is 0 Å². The van der Waals surface area contributed by atoms with Gasteiger partial charge in [0.05, 0.1) is 16.6 Å². The van der Waals surface area contributed by atoms with Gasteiger partial charge < -0.3 is 10.6 Å². The average molecular weight is 284 g/mol. The topological polar surface area (TPSA) is 36.4 Å². The Labute approximate surface area is 117 Å². The third kappa shape index (κ3) is 2.43. The van der Waals surface area contributed by atoms with Crippen LogP contribution in [0, 0.1) is 0 Å². The molecule has 0 amide bonds. The molecule has 5 heteroatoms. The Morgan fingerprint density at radius 1 is 1.33 bits per heavy atom. The summed E-state index contributed by atoms with van der Waals surface area (Å²) in [6, 6.07) is 6.77. The molecular formula is C13H15Cl2N3. The maximum atomic E-state index is 6.03. The Hall–Kier alpha value is -0.930. The Morgan fingerprint density at radius 2 is 2.17 bits per heavy atom. The van der Waals surface area contributed by atoms with E-state index in [4.69, 9.17) is 23.2 Å². The standard InChI is InChI=1S/C13H15Cl2N3/c1-7-6-16-13(17-7)18-12-5-9(12)8-2-3-10(14)11(15)4-8/h2-4,7,9,12H,5-6H2,1H3,(H2,16,17,18)/t7?,9-,12+/m0/s1. The summed E-state index contributed by atoms with van der Waals surface area (Å²) in [5.41, 5.74) is 1.24. The summed E-state index contributed by atoms with van der Waals surface area (Å²) >= 11 is 12.0. The number of hydrogen-bond acceptors (Lipinski definition) is 3. The van der Waals surface area contributed by atoms with Crippen molar-refractivity contribution in [2.75, 3.05) is 6.54 Å². The molecule has 1 aromatic carbocycles. The number of nitrogens with one attached hydrogen (secondary N) is 2. The van der Waals surface area contributed by atoms with Crippen molar-refractivity contribution in [1.29, 1.82) is 0 Å². The number of nitrogens with zero attached hydrogens (tertiary/aromatic N) is 1. The first-order valence-corrected chi connectivity index (χ1v) is 6.91. The summed E-state index contributed by atoms with van der Waals surface area (Å²) in [6.45, 7) is 2.98. The molecule has 1 aromatic rings. The minimum Gasteiger partial charge on any atom is -0.353 e. The van der Waals surface area contributed by atoms with Crippen molar-refractivity contribution >= 4 is 29.2 Å². The zero-order valence-corrected chi connectivity index (χ0v) is 11.6. The molecule has 1 aliphatic carbocycles. The lowest BCUT2D eigenvalue weighted by atomic mass is 10.1. The summed E-state index contributed by atoms with van der Waals surface area (Å²) in [6.07, 6.45) is 1.12. The van der Waals surface area contributed by atoms with Gasteiger partial charge in [-0.15, -0.1) is 0 Å². The van der Waals surface area contributed by atoms with Gasteiger partial charge in [-0.05, 0) is 31.0 Å². The number of aliphatic imine (C=N–C) groups is 1. The van der Waals surface area contributed by atoms with Crippen LogP contribution >= 0.6 is 23.2 Å². The van der Waals surface area contributed by atoms with Crippen molar-refractivity contribution in [3.63, 3.8) is 0 Å². The van der Waals surface area contributed by atoms with E-state index < -0.39 is 0 Å². The first-order chi connectivity index (χ1) is 8.63. The van der Waals surface area contributed by atoms with E-state index in [1.54, 1.807) is 0 Å². The predicted octanol–water partition coefficient (Wildman–Crippen LogP) is 2.79. The molecule has 1 fully saturated rings. The van der Waals surface area contributed by atoms with E-state index in [1.165, 1.54) is 5.56 Å². The summed E-state index contributed by atoms with van der Waals surface area (Å²) in [5.74, 6) is 1.44. The summed E-state index contributed by atoms with van der Waals surface area (Å²) in [5, 5.41) is 7.98. The number of halogens is 2. The minimum absolute atomic E-state index is 0.440. The third-order valence-corrected chi connectivity index (χ3v) is 4.13. The molecule has 0 saturated heterocycles. The summed E-state index contributed by atoms with van der Waals surface area (Å²) in [7, 11) is 0. The molecule has 96 valence electrons. The van der Waals surface area contributed by atoms with Crippen molar-refractivity contribution < 1.29 is 0 Å². The van der Waals surface area contributed by atoms with Gasteiger partial charge in [0.15, 0.2) is 5.96 Å². The van der Waals surface area contributed by atoms with Crippen LogP contribution in [0.2, 0.25) is 10.0 Å². The Balaban J connectivity index is 1.62. The Kier molecular flexibility index (Phi) is 3.12. The Morgan fingerprint density at radius 3 is 2.83 bits per heavy atom. The van der Waals surface area contributed by atoms with Crippen LogP contribution in [0.25, 0.3) is 0 Å². The monoisotopic (exact) mass is 283 g/mol. The van der Waals surface area contributed by atoms with Crippen LogP contribution in [0.4, 0.5) is 0 Å². The van der Waals surface area contributed by atoms with E-state index in [9.17, 15) is 0 Å². The molecule has 1 saturated carbocycles. The molecule has 2 aliphatic rings. The molecule has 1 unspecified atom stereocenters. The quantitative estimate of drug-likeness (QED) is 0.876. The molecule has 3 rings (SSSR count). The fraction of sp³-hybridized carbons (Fsp3) is 0.462. The second kappa shape index (κ2) is 4.63. The van der Waals surface area contributed by atoms with E-state index >= 15 is 0 Å². The third-order valence-electron chi connectivity index (χ3n) is 3.39. The van der Waals surface area contributed by atoms with Gasteiger partial charge in [0.25, 0.3) is 0 Å². The molecule has 0 spiro atoms. The molecular weight excluding hydrogens is 269 g/mol. The second-order valence-corrected chi connectivity index (χ2v) is 5.82. The molecule has 2 N–H and O–H groups in total. The van der Waals surface area contributed by atoms with Gasteiger partial charge in [0, 0.05) is 18.0 Å². The van der Waals surface area contributed by atoms with E-state index in [-0.39, 0.29) is 0 Å². The van der Waals surface area contributed by atoms with Gasteiger partial charge in [-0.3, -0.25) is 4.99 Å². The minimum atomic E-state index is 0.440. The molecule has 3 nitrogen and oxygen atoms in total. The fourth-order valence-electron chi connectivity index (χ4n) is 2.28. The maximum Gasteiger partial charge on any atom is 0.191 e. The van der Waals surface area contributed by atoms with Gasteiger partial charge in [0.2, 0.25) is 0 Å². The van der Waals surface area contributed by atoms with Crippen molar-refractivity contribution in [3.05, 3.63) is 33.8 Å². The maximum absolute atomic E-state index is 6.03. The molecule has 3 atom stereocenters. The number of benzene rings is 1. The first kappa shape index (κ1) is 12.1. The fourth-order valence-corrected chi connectivity index (χ4v) is 2.59.